The molecule has 76 valence electrons. The molecule has 0 spiro atoms. The maximum atomic E-state index is 5.73. The molecule has 0 radical (unpaired) electrons. The van der Waals surface area contributed by atoms with Crippen LogP contribution in [0, 0.1) is 6.92 Å². The average molecular weight is 202 g/mol. The molecule has 1 aromatic carbocycles. The van der Waals surface area contributed by atoms with Gasteiger partial charge in [0.2, 0.25) is 0 Å². The standard InChI is InChI=1S/C7H8ClN.2C2H6/c1-5-4-6(9)2-3-7(5)8;2*1-2/h2-4H,9H2,1H3;2*1-2H3. The van der Waals surface area contributed by atoms with Crippen LogP contribution in [0.25, 0.3) is 0 Å². The van der Waals surface area contributed by atoms with Crippen molar-refractivity contribution in [3.8, 4) is 0 Å². The normalized spacial score (nSPS) is 7.54. The lowest BCUT2D eigenvalue weighted by Crippen LogP contribution is -1.84. The summed E-state index contributed by atoms with van der Waals surface area (Å²) in [4.78, 5) is 0. The summed E-state index contributed by atoms with van der Waals surface area (Å²) in [5.41, 5.74) is 7.25. The van der Waals surface area contributed by atoms with E-state index in [2.05, 4.69) is 0 Å². The number of rotatable bonds is 0. The van der Waals surface area contributed by atoms with Crippen LogP contribution in [0.5, 0.6) is 0 Å². The van der Waals surface area contributed by atoms with Crippen molar-refractivity contribution in [1.29, 1.82) is 0 Å². The van der Waals surface area contributed by atoms with E-state index in [1.165, 1.54) is 0 Å². The molecule has 2 heteroatoms. The average Bonchev–Trinajstić information content (AvgIpc) is 2.18. The van der Waals surface area contributed by atoms with E-state index < -0.39 is 0 Å². The maximum absolute atomic E-state index is 5.73. The van der Waals surface area contributed by atoms with Crippen LogP contribution in [0.2, 0.25) is 5.02 Å². The first-order chi connectivity index (χ1) is 6.20. The van der Waals surface area contributed by atoms with Crippen LogP contribution < -0.4 is 5.73 Å². The highest BCUT2D eigenvalue weighted by Gasteiger charge is 1.91. The molecule has 0 atom stereocenters. The van der Waals surface area contributed by atoms with E-state index >= 15 is 0 Å². The molecule has 0 aliphatic carbocycles. The molecule has 0 unspecified atom stereocenters. The van der Waals surface area contributed by atoms with Gasteiger partial charge in [0.15, 0.2) is 0 Å². The Bertz CT molecular complexity index is 221. The Balaban J connectivity index is 0. The fourth-order valence-electron chi connectivity index (χ4n) is 0.668. The molecule has 0 saturated heterocycles. The van der Waals surface area contributed by atoms with Crippen LogP contribution in [0.4, 0.5) is 5.69 Å². The zero-order chi connectivity index (χ0) is 10.9. The summed E-state index contributed by atoms with van der Waals surface area (Å²) in [7, 11) is 0. The lowest BCUT2D eigenvalue weighted by molar-refractivity contribution is 1.47. The Morgan fingerprint density at radius 1 is 1.08 bits per heavy atom. The van der Waals surface area contributed by atoms with Gasteiger partial charge >= 0.3 is 0 Å². The van der Waals surface area contributed by atoms with Crippen molar-refractivity contribution in [1.82, 2.24) is 0 Å². The lowest BCUT2D eigenvalue weighted by atomic mass is 10.2. The Morgan fingerprint density at radius 2 is 1.54 bits per heavy atom. The van der Waals surface area contributed by atoms with Gasteiger partial charge in [0.25, 0.3) is 0 Å². The minimum absolute atomic E-state index is 0.761. The predicted octanol–water partition coefficient (Wildman–Crippen LogP) is 4.28. The molecule has 0 saturated carbocycles. The van der Waals surface area contributed by atoms with Crippen molar-refractivity contribution < 1.29 is 0 Å². The second-order valence-corrected chi connectivity index (χ2v) is 2.42. The minimum atomic E-state index is 0.761. The molecule has 1 nitrogen and oxygen atoms in total. The summed E-state index contributed by atoms with van der Waals surface area (Å²) in [5, 5.41) is 0.768. The molecule has 0 heterocycles. The summed E-state index contributed by atoms with van der Waals surface area (Å²) in [6.45, 7) is 9.93. The molecule has 0 bridgehead atoms. The highest BCUT2D eigenvalue weighted by molar-refractivity contribution is 6.31. The van der Waals surface area contributed by atoms with Crippen molar-refractivity contribution in [2.75, 3.05) is 5.73 Å². The van der Waals surface area contributed by atoms with Gasteiger partial charge < -0.3 is 5.73 Å². The summed E-state index contributed by atoms with van der Waals surface area (Å²) in [6.07, 6.45) is 0. The molecule has 0 aliphatic rings. The molecule has 0 aromatic heterocycles. The summed E-state index contributed by atoms with van der Waals surface area (Å²) >= 11 is 5.73. The Hall–Kier alpha value is -0.690. The highest BCUT2D eigenvalue weighted by Crippen LogP contribution is 2.16. The van der Waals surface area contributed by atoms with E-state index in [1.807, 2.05) is 40.7 Å². The van der Waals surface area contributed by atoms with Crippen molar-refractivity contribution in [3.63, 3.8) is 0 Å². The molecule has 1 aromatic rings. The summed E-state index contributed by atoms with van der Waals surface area (Å²) < 4.78 is 0. The van der Waals surface area contributed by atoms with E-state index in [1.54, 1.807) is 12.1 Å². The SMILES string of the molecule is CC.CC.Cc1cc(N)ccc1Cl. The number of nitrogen functional groups attached to an aromatic ring is 1. The van der Waals surface area contributed by atoms with Gasteiger partial charge in [-0.2, -0.15) is 0 Å². The van der Waals surface area contributed by atoms with E-state index in [9.17, 15) is 0 Å². The van der Waals surface area contributed by atoms with Gasteiger partial charge in [-0.05, 0) is 30.7 Å². The number of hydrogen-bond donors (Lipinski definition) is 1. The molecule has 0 fully saturated rings. The van der Waals surface area contributed by atoms with Crippen LogP contribution in [-0.2, 0) is 0 Å². The first kappa shape index (κ1) is 14.8. The van der Waals surface area contributed by atoms with Gasteiger partial charge in [0.1, 0.15) is 0 Å². The topological polar surface area (TPSA) is 26.0 Å². The van der Waals surface area contributed by atoms with Gasteiger partial charge in [0, 0.05) is 10.7 Å². The minimum Gasteiger partial charge on any atom is -0.399 e. The number of aryl methyl sites for hydroxylation is 1. The quantitative estimate of drug-likeness (QED) is 0.623. The predicted molar refractivity (Wildman–Crippen MR) is 63.3 cm³/mol. The summed E-state index contributed by atoms with van der Waals surface area (Å²) in [5.74, 6) is 0. The number of anilines is 1. The van der Waals surface area contributed by atoms with E-state index in [4.69, 9.17) is 17.3 Å². The Labute approximate surface area is 86.9 Å². The molecule has 0 aliphatic heterocycles. The fourth-order valence-corrected chi connectivity index (χ4v) is 0.785. The third-order valence-corrected chi connectivity index (χ3v) is 1.61. The van der Waals surface area contributed by atoms with Crippen molar-refractivity contribution in [2.45, 2.75) is 34.6 Å². The first-order valence-electron chi connectivity index (χ1n) is 4.72. The van der Waals surface area contributed by atoms with Crippen LogP contribution in [0.15, 0.2) is 18.2 Å². The number of nitrogens with two attached hydrogens (primary N) is 1. The maximum Gasteiger partial charge on any atom is 0.0436 e. The Kier molecular flexibility index (Phi) is 10.7. The second kappa shape index (κ2) is 9.40. The third kappa shape index (κ3) is 6.47. The van der Waals surface area contributed by atoms with Gasteiger partial charge in [-0.15, -0.1) is 0 Å². The smallest absolute Gasteiger partial charge is 0.0436 e. The second-order valence-electron chi connectivity index (χ2n) is 2.01. The fraction of sp³-hybridized carbons (Fsp3) is 0.455. The van der Waals surface area contributed by atoms with Crippen LogP contribution in [0.1, 0.15) is 33.3 Å². The van der Waals surface area contributed by atoms with Crippen LogP contribution in [0.3, 0.4) is 0 Å². The molecule has 13 heavy (non-hydrogen) atoms. The molecule has 0 amide bonds. The van der Waals surface area contributed by atoms with Gasteiger partial charge in [0.05, 0.1) is 0 Å². The van der Waals surface area contributed by atoms with Gasteiger partial charge in [-0.1, -0.05) is 39.3 Å². The molecular formula is C11H20ClN. The van der Waals surface area contributed by atoms with Crippen molar-refractivity contribution >= 4 is 17.3 Å². The zero-order valence-corrected chi connectivity index (χ0v) is 9.94. The molecular weight excluding hydrogens is 182 g/mol. The van der Waals surface area contributed by atoms with Crippen molar-refractivity contribution in [3.05, 3.63) is 28.8 Å². The van der Waals surface area contributed by atoms with Crippen molar-refractivity contribution in [2.24, 2.45) is 0 Å². The van der Waals surface area contributed by atoms with Crippen LogP contribution >= 0.6 is 11.6 Å². The molecule has 2 N–H and O–H groups in total. The number of hydrogen-bond acceptors (Lipinski definition) is 1. The van der Waals surface area contributed by atoms with Gasteiger partial charge in [-0.25, -0.2) is 0 Å². The van der Waals surface area contributed by atoms with Crippen LogP contribution in [-0.4, -0.2) is 0 Å². The Morgan fingerprint density at radius 3 is 1.85 bits per heavy atom. The third-order valence-electron chi connectivity index (χ3n) is 1.18. The zero-order valence-electron chi connectivity index (χ0n) is 9.19. The van der Waals surface area contributed by atoms with E-state index in [0.717, 1.165) is 16.3 Å². The largest absolute Gasteiger partial charge is 0.399 e. The lowest BCUT2D eigenvalue weighted by Gasteiger charge is -1.96. The highest BCUT2D eigenvalue weighted by atomic mass is 35.5. The van der Waals surface area contributed by atoms with Gasteiger partial charge in [-0.3, -0.25) is 0 Å². The molecule has 1 rings (SSSR count). The monoisotopic (exact) mass is 201 g/mol. The number of benzene rings is 1. The number of halogens is 1. The van der Waals surface area contributed by atoms with E-state index in [0.29, 0.717) is 0 Å². The van der Waals surface area contributed by atoms with E-state index in [-0.39, 0.29) is 0 Å². The first-order valence-corrected chi connectivity index (χ1v) is 5.09. The summed E-state index contributed by atoms with van der Waals surface area (Å²) in [6, 6.07) is 5.43.